The molecule has 0 saturated carbocycles. The minimum absolute atomic E-state index is 0.0157. The van der Waals surface area contributed by atoms with Gasteiger partial charge in [-0.25, -0.2) is 4.79 Å². The molecule has 0 N–H and O–H groups in total. The third kappa shape index (κ3) is 2.47. The van der Waals surface area contributed by atoms with Gasteiger partial charge in [-0.3, -0.25) is 0 Å². The Balaban J connectivity index is 2.09. The van der Waals surface area contributed by atoms with Gasteiger partial charge < -0.3 is 4.74 Å². The van der Waals surface area contributed by atoms with Crippen LogP contribution in [0.5, 0.6) is 0 Å². The standard InChI is InChI=1S/C14H22O2/c1-2-3-10-13-11-8-6-4-5-7-9-12(11)14(15)16-13/h13H,2-10H2,1H3. The second kappa shape index (κ2) is 5.51. The van der Waals surface area contributed by atoms with Crippen LogP contribution in [0.3, 0.4) is 0 Å². The van der Waals surface area contributed by atoms with Gasteiger partial charge in [-0.15, -0.1) is 0 Å². The SMILES string of the molecule is CCCCC1OC(=O)C2=C1CCCCCC2. The predicted octanol–water partition coefficient (Wildman–Crippen LogP) is 3.75. The molecule has 1 atom stereocenters. The zero-order valence-corrected chi connectivity index (χ0v) is 10.3. The van der Waals surface area contributed by atoms with Gasteiger partial charge in [0.1, 0.15) is 6.10 Å². The number of rotatable bonds is 3. The van der Waals surface area contributed by atoms with Crippen LogP contribution in [-0.2, 0) is 9.53 Å². The van der Waals surface area contributed by atoms with Gasteiger partial charge in [0, 0.05) is 5.57 Å². The number of cyclic esters (lactones) is 1. The van der Waals surface area contributed by atoms with E-state index in [0.717, 1.165) is 37.7 Å². The molecule has 1 aliphatic heterocycles. The molecule has 1 heterocycles. The fraction of sp³-hybridized carbons (Fsp3) is 0.786. The van der Waals surface area contributed by atoms with Crippen molar-refractivity contribution in [3.63, 3.8) is 0 Å². The molecule has 1 aliphatic carbocycles. The quantitative estimate of drug-likeness (QED) is 0.680. The Morgan fingerprint density at radius 1 is 1.19 bits per heavy atom. The zero-order chi connectivity index (χ0) is 11.4. The maximum absolute atomic E-state index is 11.8. The van der Waals surface area contributed by atoms with Gasteiger partial charge in [0.2, 0.25) is 0 Å². The minimum atomic E-state index is -0.0157. The molecule has 2 heteroatoms. The summed E-state index contributed by atoms with van der Waals surface area (Å²) in [6.07, 6.45) is 10.5. The summed E-state index contributed by atoms with van der Waals surface area (Å²) in [7, 11) is 0. The first kappa shape index (κ1) is 11.7. The van der Waals surface area contributed by atoms with E-state index in [1.54, 1.807) is 0 Å². The van der Waals surface area contributed by atoms with E-state index in [9.17, 15) is 4.79 Å². The molecule has 0 aromatic rings. The highest BCUT2D eigenvalue weighted by Crippen LogP contribution is 2.34. The summed E-state index contributed by atoms with van der Waals surface area (Å²) in [6, 6.07) is 0. The Kier molecular flexibility index (Phi) is 4.03. The van der Waals surface area contributed by atoms with Gasteiger partial charge >= 0.3 is 5.97 Å². The number of hydrogen-bond donors (Lipinski definition) is 0. The van der Waals surface area contributed by atoms with Crippen molar-refractivity contribution in [2.24, 2.45) is 0 Å². The molecule has 0 spiro atoms. The van der Waals surface area contributed by atoms with Crippen molar-refractivity contribution < 1.29 is 9.53 Å². The summed E-state index contributed by atoms with van der Waals surface area (Å²) in [5.41, 5.74) is 2.37. The van der Waals surface area contributed by atoms with E-state index in [-0.39, 0.29) is 12.1 Å². The van der Waals surface area contributed by atoms with Crippen molar-refractivity contribution in [3.8, 4) is 0 Å². The molecule has 2 nitrogen and oxygen atoms in total. The van der Waals surface area contributed by atoms with E-state index in [1.165, 1.54) is 31.3 Å². The Labute approximate surface area is 98.1 Å². The maximum atomic E-state index is 11.8. The summed E-state index contributed by atoms with van der Waals surface area (Å²) in [6.45, 7) is 2.18. The van der Waals surface area contributed by atoms with E-state index < -0.39 is 0 Å². The van der Waals surface area contributed by atoms with Crippen LogP contribution in [0.25, 0.3) is 0 Å². The lowest BCUT2D eigenvalue weighted by Gasteiger charge is -2.15. The zero-order valence-electron chi connectivity index (χ0n) is 10.3. The molecular weight excluding hydrogens is 200 g/mol. The first-order valence-corrected chi connectivity index (χ1v) is 6.76. The summed E-state index contributed by atoms with van der Waals surface area (Å²) in [5, 5.41) is 0. The number of unbranched alkanes of at least 4 members (excludes halogenated alkanes) is 1. The van der Waals surface area contributed by atoms with E-state index >= 15 is 0 Å². The maximum Gasteiger partial charge on any atom is 0.334 e. The minimum Gasteiger partial charge on any atom is -0.454 e. The lowest BCUT2D eigenvalue weighted by molar-refractivity contribution is -0.140. The van der Waals surface area contributed by atoms with Crippen molar-refractivity contribution in [1.29, 1.82) is 0 Å². The summed E-state index contributed by atoms with van der Waals surface area (Å²) in [4.78, 5) is 11.8. The number of esters is 1. The van der Waals surface area contributed by atoms with Crippen LogP contribution in [0.2, 0.25) is 0 Å². The van der Waals surface area contributed by atoms with Gasteiger partial charge in [0.25, 0.3) is 0 Å². The molecule has 90 valence electrons. The monoisotopic (exact) mass is 222 g/mol. The Bertz CT molecular complexity index is 291. The van der Waals surface area contributed by atoms with Gasteiger partial charge in [0.15, 0.2) is 0 Å². The summed E-state index contributed by atoms with van der Waals surface area (Å²) in [5.74, 6) is -0.0157. The fourth-order valence-corrected chi connectivity index (χ4v) is 2.76. The van der Waals surface area contributed by atoms with E-state index in [0.29, 0.717) is 0 Å². The van der Waals surface area contributed by atoms with Crippen molar-refractivity contribution >= 4 is 5.97 Å². The van der Waals surface area contributed by atoms with Crippen LogP contribution >= 0.6 is 0 Å². The highest BCUT2D eigenvalue weighted by atomic mass is 16.5. The highest BCUT2D eigenvalue weighted by molar-refractivity contribution is 5.92. The van der Waals surface area contributed by atoms with Gasteiger partial charge in [-0.2, -0.15) is 0 Å². The molecule has 0 fully saturated rings. The first-order valence-electron chi connectivity index (χ1n) is 6.76. The largest absolute Gasteiger partial charge is 0.454 e. The summed E-state index contributed by atoms with van der Waals surface area (Å²) < 4.78 is 5.51. The molecule has 0 amide bonds. The van der Waals surface area contributed by atoms with Gasteiger partial charge in [-0.1, -0.05) is 26.2 Å². The normalized spacial score (nSPS) is 26.1. The molecular formula is C14H22O2. The smallest absolute Gasteiger partial charge is 0.334 e. The number of carbonyl (C=O) groups excluding carboxylic acids is 1. The van der Waals surface area contributed by atoms with E-state index in [4.69, 9.17) is 4.74 Å². The molecule has 0 bridgehead atoms. The third-order valence-electron chi connectivity index (χ3n) is 3.71. The third-order valence-corrected chi connectivity index (χ3v) is 3.71. The van der Waals surface area contributed by atoms with Crippen LogP contribution < -0.4 is 0 Å². The number of ether oxygens (including phenoxy) is 1. The van der Waals surface area contributed by atoms with Crippen LogP contribution in [-0.4, -0.2) is 12.1 Å². The fourth-order valence-electron chi connectivity index (χ4n) is 2.76. The Morgan fingerprint density at radius 2 is 1.94 bits per heavy atom. The molecule has 1 unspecified atom stereocenters. The lowest BCUT2D eigenvalue weighted by Crippen LogP contribution is -2.11. The second-order valence-corrected chi connectivity index (χ2v) is 4.95. The molecule has 2 aliphatic rings. The lowest BCUT2D eigenvalue weighted by atomic mass is 9.90. The highest BCUT2D eigenvalue weighted by Gasteiger charge is 2.32. The first-order chi connectivity index (χ1) is 7.83. The molecule has 2 rings (SSSR count). The average Bonchev–Trinajstić information content (AvgIpc) is 2.51. The molecule has 16 heavy (non-hydrogen) atoms. The van der Waals surface area contributed by atoms with Crippen molar-refractivity contribution in [2.45, 2.75) is 70.8 Å². The second-order valence-electron chi connectivity index (χ2n) is 4.95. The van der Waals surface area contributed by atoms with Gasteiger partial charge in [0.05, 0.1) is 0 Å². The van der Waals surface area contributed by atoms with Crippen molar-refractivity contribution in [1.82, 2.24) is 0 Å². The number of carbonyl (C=O) groups is 1. The average molecular weight is 222 g/mol. The van der Waals surface area contributed by atoms with Crippen LogP contribution in [0, 0.1) is 0 Å². The van der Waals surface area contributed by atoms with Gasteiger partial charge in [-0.05, 0) is 44.1 Å². The molecule has 0 aromatic heterocycles. The van der Waals surface area contributed by atoms with E-state index in [1.807, 2.05) is 0 Å². The topological polar surface area (TPSA) is 26.3 Å². The van der Waals surface area contributed by atoms with Crippen LogP contribution in [0.15, 0.2) is 11.1 Å². The molecule has 0 saturated heterocycles. The Hall–Kier alpha value is -0.790. The predicted molar refractivity (Wildman–Crippen MR) is 64.1 cm³/mol. The van der Waals surface area contributed by atoms with Crippen LogP contribution in [0.4, 0.5) is 0 Å². The van der Waals surface area contributed by atoms with Crippen LogP contribution in [0.1, 0.15) is 64.7 Å². The summed E-state index contributed by atoms with van der Waals surface area (Å²) >= 11 is 0. The molecule has 0 aromatic carbocycles. The van der Waals surface area contributed by atoms with Crippen molar-refractivity contribution in [3.05, 3.63) is 11.1 Å². The van der Waals surface area contributed by atoms with Crippen molar-refractivity contribution in [2.75, 3.05) is 0 Å². The number of hydrogen-bond acceptors (Lipinski definition) is 2. The molecule has 0 radical (unpaired) electrons. The Morgan fingerprint density at radius 3 is 2.69 bits per heavy atom. The van der Waals surface area contributed by atoms with E-state index in [2.05, 4.69) is 6.92 Å².